The van der Waals surface area contributed by atoms with Crippen molar-refractivity contribution in [1.29, 1.82) is 0 Å². The zero-order chi connectivity index (χ0) is 15.5. The summed E-state index contributed by atoms with van der Waals surface area (Å²) in [7, 11) is -3.49. The third-order valence-corrected chi connectivity index (χ3v) is 5.56. The van der Waals surface area contributed by atoms with E-state index in [9.17, 15) is 8.42 Å². The number of nitrogens with zero attached hydrogens (tertiary/aromatic N) is 1. The van der Waals surface area contributed by atoms with E-state index < -0.39 is 10.0 Å². The molecule has 0 bridgehead atoms. The van der Waals surface area contributed by atoms with Crippen LogP contribution in [-0.4, -0.2) is 31.9 Å². The molecule has 1 aromatic heterocycles. The van der Waals surface area contributed by atoms with Crippen LogP contribution in [0.3, 0.4) is 0 Å². The monoisotopic (exact) mass is 302 g/mol. The quantitative estimate of drug-likeness (QED) is 0.840. The Labute approximate surface area is 122 Å². The van der Waals surface area contributed by atoms with Crippen molar-refractivity contribution in [2.75, 3.05) is 13.1 Å². The molecule has 0 unspecified atom stereocenters. The minimum Gasteiger partial charge on any atom is -0.465 e. The molecule has 1 heterocycles. The van der Waals surface area contributed by atoms with E-state index in [0.717, 1.165) is 5.56 Å². The highest BCUT2D eigenvalue weighted by atomic mass is 32.2. The van der Waals surface area contributed by atoms with Gasteiger partial charge in [0.2, 0.25) is 10.0 Å². The largest absolute Gasteiger partial charge is 0.465 e. The van der Waals surface area contributed by atoms with Gasteiger partial charge in [0.05, 0.1) is 0 Å². The molecule has 0 amide bonds. The van der Waals surface area contributed by atoms with Gasteiger partial charge in [0, 0.05) is 31.2 Å². The molecule has 0 spiro atoms. The van der Waals surface area contributed by atoms with Gasteiger partial charge >= 0.3 is 0 Å². The number of hydrogen-bond donors (Lipinski definition) is 1. The zero-order valence-electron chi connectivity index (χ0n) is 13.3. The van der Waals surface area contributed by atoms with Crippen LogP contribution in [-0.2, 0) is 16.6 Å². The van der Waals surface area contributed by atoms with Crippen molar-refractivity contribution in [2.45, 2.75) is 59.0 Å². The lowest BCUT2D eigenvalue weighted by molar-refractivity contribution is 0.440. The van der Waals surface area contributed by atoms with Gasteiger partial charge in [0.1, 0.15) is 16.4 Å². The number of aryl methyl sites for hydroxylation is 2. The molecule has 1 aromatic rings. The zero-order valence-corrected chi connectivity index (χ0v) is 14.1. The van der Waals surface area contributed by atoms with Gasteiger partial charge in [-0.1, -0.05) is 27.7 Å². The van der Waals surface area contributed by atoms with Crippen molar-refractivity contribution in [3.05, 3.63) is 17.1 Å². The molecular weight excluding hydrogens is 276 g/mol. The predicted octanol–water partition coefficient (Wildman–Crippen LogP) is 2.42. The van der Waals surface area contributed by atoms with E-state index in [1.807, 2.05) is 34.6 Å². The summed E-state index contributed by atoms with van der Waals surface area (Å²) < 4.78 is 32.5. The van der Waals surface area contributed by atoms with Gasteiger partial charge in [0.25, 0.3) is 0 Å². The lowest BCUT2D eigenvalue weighted by Gasteiger charge is -2.19. The fourth-order valence-corrected chi connectivity index (χ4v) is 4.12. The van der Waals surface area contributed by atoms with Crippen LogP contribution in [0.4, 0.5) is 0 Å². The van der Waals surface area contributed by atoms with Crippen LogP contribution in [0.1, 0.15) is 44.8 Å². The summed E-state index contributed by atoms with van der Waals surface area (Å²) in [6.07, 6.45) is 0. The standard InChI is InChI=1S/C14H26N2O3S/c1-7-16(8-2)20(17,18)14-12(6)19-11(5)13(14)9-15-10(3)4/h10,15H,7-9H2,1-6H3. The first-order valence-electron chi connectivity index (χ1n) is 7.08. The third-order valence-electron chi connectivity index (χ3n) is 3.32. The first-order valence-corrected chi connectivity index (χ1v) is 8.52. The van der Waals surface area contributed by atoms with Gasteiger partial charge in [-0.05, 0) is 13.8 Å². The Kier molecular flexibility index (Phi) is 5.79. The van der Waals surface area contributed by atoms with Crippen molar-refractivity contribution >= 4 is 10.0 Å². The van der Waals surface area contributed by atoms with Gasteiger partial charge in [-0.2, -0.15) is 4.31 Å². The van der Waals surface area contributed by atoms with E-state index in [1.54, 1.807) is 6.92 Å². The second-order valence-electron chi connectivity index (χ2n) is 5.15. The minimum absolute atomic E-state index is 0.286. The smallest absolute Gasteiger partial charge is 0.246 e. The highest BCUT2D eigenvalue weighted by molar-refractivity contribution is 7.89. The second-order valence-corrected chi connectivity index (χ2v) is 7.02. The summed E-state index contributed by atoms with van der Waals surface area (Å²) in [6, 6.07) is 0.286. The molecule has 20 heavy (non-hydrogen) atoms. The van der Waals surface area contributed by atoms with E-state index in [2.05, 4.69) is 5.32 Å². The maximum Gasteiger partial charge on any atom is 0.246 e. The molecule has 0 aliphatic carbocycles. The summed E-state index contributed by atoms with van der Waals surface area (Å²) >= 11 is 0. The molecule has 0 saturated heterocycles. The summed E-state index contributed by atoms with van der Waals surface area (Å²) in [5, 5.41) is 3.26. The molecular formula is C14H26N2O3S. The molecule has 5 nitrogen and oxygen atoms in total. The van der Waals surface area contributed by atoms with Crippen LogP contribution >= 0.6 is 0 Å². The van der Waals surface area contributed by atoms with Crippen LogP contribution in [0.15, 0.2) is 9.31 Å². The van der Waals surface area contributed by atoms with Crippen LogP contribution < -0.4 is 5.32 Å². The van der Waals surface area contributed by atoms with Gasteiger partial charge < -0.3 is 9.73 Å². The predicted molar refractivity (Wildman–Crippen MR) is 80.3 cm³/mol. The van der Waals surface area contributed by atoms with Crippen molar-refractivity contribution in [1.82, 2.24) is 9.62 Å². The maximum absolute atomic E-state index is 12.7. The van der Waals surface area contributed by atoms with Crippen LogP contribution in [0.2, 0.25) is 0 Å². The molecule has 0 aliphatic heterocycles. The Bertz CT molecular complexity index is 543. The van der Waals surface area contributed by atoms with Crippen molar-refractivity contribution in [3.63, 3.8) is 0 Å². The van der Waals surface area contributed by atoms with Crippen molar-refractivity contribution in [2.24, 2.45) is 0 Å². The molecule has 0 atom stereocenters. The van der Waals surface area contributed by atoms with E-state index in [0.29, 0.717) is 36.1 Å². The Morgan fingerprint density at radius 2 is 1.70 bits per heavy atom. The van der Waals surface area contributed by atoms with E-state index in [1.165, 1.54) is 4.31 Å². The topological polar surface area (TPSA) is 62.6 Å². The van der Waals surface area contributed by atoms with Gasteiger partial charge in [-0.15, -0.1) is 0 Å². The Morgan fingerprint density at radius 3 is 2.15 bits per heavy atom. The average molecular weight is 302 g/mol. The third kappa shape index (κ3) is 3.42. The Balaban J connectivity index is 3.29. The van der Waals surface area contributed by atoms with Crippen molar-refractivity contribution < 1.29 is 12.8 Å². The molecule has 1 N–H and O–H groups in total. The van der Waals surface area contributed by atoms with Crippen molar-refractivity contribution in [3.8, 4) is 0 Å². The average Bonchev–Trinajstić information content (AvgIpc) is 2.62. The van der Waals surface area contributed by atoms with Gasteiger partial charge in [-0.25, -0.2) is 8.42 Å². The number of sulfonamides is 1. The highest BCUT2D eigenvalue weighted by Gasteiger charge is 2.30. The fourth-order valence-electron chi connectivity index (χ4n) is 2.25. The highest BCUT2D eigenvalue weighted by Crippen LogP contribution is 2.29. The number of hydrogen-bond acceptors (Lipinski definition) is 4. The lowest BCUT2D eigenvalue weighted by atomic mass is 10.2. The van der Waals surface area contributed by atoms with Gasteiger partial charge in [-0.3, -0.25) is 0 Å². The SMILES string of the molecule is CCN(CC)S(=O)(=O)c1c(C)oc(C)c1CNC(C)C. The maximum atomic E-state index is 12.7. The van der Waals surface area contributed by atoms with E-state index >= 15 is 0 Å². The minimum atomic E-state index is -3.49. The summed E-state index contributed by atoms with van der Waals surface area (Å²) in [6.45, 7) is 12.7. The van der Waals surface area contributed by atoms with E-state index in [4.69, 9.17) is 4.42 Å². The number of rotatable bonds is 7. The summed E-state index contributed by atoms with van der Waals surface area (Å²) in [5.41, 5.74) is 0.739. The Hall–Kier alpha value is -0.850. The molecule has 0 aliphatic rings. The molecule has 0 fully saturated rings. The molecule has 6 heteroatoms. The molecule has 116 valence electrons. The first kappa shape index (κ1) is 17.2. The van der Waals surface area contributed by atoms with Crippen LogP contribution in [0.25, 0.3) is 0 Å². The first-order chi connectivity index (χ1) is 9.25. The molecule has 1 rings (SSSR count). The molecule has 0 radical (unpaired) electrons. The lowest BCUT2D eigenvalue weighted by Crippen LogP contribution is -2.32. The van der Waals surface area contributed by atoms with Crippen LogP contribution in [0, 0.1) is 13.8 Å². The van der Waals surface area contributed by atoms with Crippen LogP contribution in [0.5, 0.6) is 0 Å². The number of nitrogens with one attached hydrogen (secondary N) is 1. The fraction of sp³-hybridized carbons (Fsp3) is 0.714. The number of furan rings is 1. The Morgan fingerprint density at radius 1 is 1.15 bits per heavy atom. The molecule has 0 aromatic carbocycles. The second kappa shape index (κ2) is 6.74. The van der Waals surface area contributed by atoms with E-state index in [-0.39, 0.29) is 6.04 Å². The normalized spacial score (nSPS) is 12.6. The van der Waals surface area contributed by atoms with Gasteiger partial charge in [0.15, 0.2) is 0 Å². The molecule has 0 saturated carbocycles. The summed E-state index contributed by atoms with van der Waals surface area (Å²) in [5.74, 6) is 1.14. The summed E-state index contributed by atoms with van der Waals surface area (Å²) in [4.78, 5) is 0.326.